The van der Waals surface area contributed by atoms with Crippen LogP contribution < -0.4 is 15.8 Å². The maximum Gasteiger partial charge on any atom is 0.418 e. The monoisotopic (exact) mass is 444 g/mol. The molecule has 0 saturated carbocycles. The Morgan fingerprint density at radius 1 is 1.29 bits per heavy atom. The van der Waals surface area contributed by atoms with Crippen molar-refractivity contribution in [1.29, 1.82) is 0 Å². The first-order chi connectivity index (χ1) is 14.6. The van der Waals surface area contributed by atoms with E-state index in [-0.39, 0.29) is 35.1 Å². The Hall–Kier alpha value is -3.28. The zero-order chi connectivity index (χ0) is 22.8. The van der Waals surface area contributed by atoms with Gasteiger partial charge in [-0.25, -0.2) is 31.7 Å². The molecule has 7 nitrogen and oxygen atoms in total. The standard InChI is InChI=1S/C19H17F5N4O3/c1-9-4-10(15(21)22)6-26-16(9)31-18(29)27-11-2-3-13(20)12(5-11)19(17(23)24)8-30-7-14(25)28-19/h2-6,15,17H,7-8H2,1H3,(H2,25,28)(H,27,29)/t19-/m0/s1. The summed E-state index contributed by atoms with van der Waals surface area (Å²) in [7, 11) is 0. The number of benzene rings is 1. The first-order valence-corrected chi connectivity index (χ1v) is 8.86. The number of anilines is 1. The van der Waals surface area contributed by atoms with Gasteiger partial charge in [0, 0.05) is 28.6 Å². The Morgan fingerprint density at radius 3 is 2.65 bits per heavy atom. The van der Waals surface area contributed by atoms with Crippen LogP contribution in [0.4, 0.5) is 32.4 Å². The zero-order valence-electron chi connectivity index (χ0n) is 16.0. The van der Waals surface area contributed by atoms with Gasteiger partial charge in [0.2, 0.25) is 5.88 Å². The lowest BCUT2D eigenvalue weighted by Crippen LogP contribution is -2.45. The number of hydrogen-bond acceptors (Lipinski definition) is 6. The number of halogens is 5. The van der Waals surface area contributed by atoms with Gasteiger partial charge in [0.05, 0.1) is 6.61 Å². The quantitative estimate of drug-likeness (QED) is 0.681. The number of carbonyl (C=O) groups is 1. The van der Waals surface area contributed by atoms with E-state index in [9.17, 15) is 26.7 Å². The summed E-state index contributed by atoms with van der Waals surface area (Å²) < 4.78 is 77.5. The molecule has 1 aromatic carbocycles. The highest BCUT2D eigenvalue weighted by Crippen LogP contribution is 2.38. The molecule has 3 rings (SSSR count). The van der Waals surface area contributed by atoms with Crippen LogP contribution in [0.3, 0.4) is 0 Å². The second-order valence-electron chi connectivity index (χ2n) is 6.72. The van der Waals surface area contributed by atoms with Crippen molar-refractivity contribution in [3.8, 4) is 5.88 Å². The Bertz CT molecular complexity index is 1020. The molecule has 0 fully saturated rings. The molecule has 1 aromatic heterocycles. The SMILES string of the molecule is Cc1cc(C(F)F)cnc1OC(=O)Nc1ccc(F)c([C@]2(C(F)F)COCC(N)=N2)c1. The van der Waals surface area contributed by atoms with Gasteiger partial charge in [-0.3, -0.25) is 10.3 Å². The molecular formula is C19H17F5N4O3. The molecule has 1 aliphatic rings. The van der Waals surface area contributed by atoms with Gasteiger partial charge in [-0.15, -0.1) is 0 Å². The number of aliphatic imine (C=N–C) groups is 1. The summed E-state index contributed by atoms with van der Waals surface area (Å²) >= 11 is 0. The van der Waals surface area contributed by atoms with E-state index in [1.807, 2.05) is 0 Å². The largest absolute Gasteiger partial charge is 0.418 e. The van der Waals surface area contributed by atoms with Crippen LogP contribution >= 0.6 is 0 Å². The molecule has 166 valence electrons. The number of nitrogens with two attached hydrogens (primary N) is 1. The van der Waals surface area contributed by atoms with E-state index in [4.69, 9.17) is 15.2 Å². The smallest absolute Gasteiger partial charge is 0.391 e. The lowest BCUT2D eigenvalue weighted by Gasteiger charge is -2.33. The minimum atomic E-state index is -3.15. The number of rotatable bonds is 5. The van der Waals surface area contributed by atoms with E-state index >= 15 is 0 Å². The first-order valence-electron chi connectivity index (χ1n) is 8.86. The summed E-state index contributed by atoms with van der Waals surface area (Å²) in [6, 6.07) is 4.06. The van der Waals surface area contributed by atoms with Crippen LogP contribution in [0.25, 0.3) is 0 Å². The molecule has 1 amide bonds. The number of amidine groups is 1. The van der Waals surface area contributed by atoms with Crippen LogP contribution in [0.2, 0.25) is 0 Å². The molecule has 12 heteroatoms. The molecule has 2 aromatic rings. The molecule has 0 saturated heterocycles. The third kappa shape index (κ3) is 4.74. The van der Waals surface area contributed by atoms with E-state index in [1.165, 1.54) is 6.92 Å². The van der Waals surface area contributed by atoms with Crippen molar-refractivity contribution in [2.45, 2.75) is 25.3 Å². The van der Waals surface area contributed by atoms with Crippen molar-refractivity contribution in [3.05, 3.63) is 53.0 Å². The highest BCUT2D eigenvalue weighted by molar-refractivity contribution is 5.86. The van der Waals surface area contributed by atoms with Gasteiger partial charge in [0.25, 0.3) is 12.9 Å². The van der Waals surface area contributed by atoms with Gasteiger partial charge in [-0.1, -0.05) is 0 Å². The predicted molar refractivity (Wildman–Crippen MR) is 100 cm³/mol. The van der Waals surface area contributed by atoms with Crippen LogP contribution in [-0.2, 0) is 10.3 Å². The Morgan fingerprint density at radius 2 is 2.03 bits per heavy atom. The summed E-state index contributed by atoms with van der Waals surface area (Å²) in [5, 5.41) is 2.25. The summed E-state index contributed by atoms with van der Waals surface area (Å²) in [6.07, 6.45) is -6.13. The van der Waals surface area contributed by atoms with Crippen LogP contribution in [-0.4, -0.2) is 36.6 Å². The third-order valence-corrected chi connectivity index (χ3v) is 4.45. The molecule has 0 spiro atoms. The summed E-state index contributed by atoms with van der Waals surface area (Å²) in [4.78, 5) is 19.5. The average Bonchev–Trinajstić information content (AvgIpc) is 2.70. The van der Waals surface area contributed by atoms with E-state index in [2.05, 4.69) is 15.3 Å². The minimum Gasteiger partial charge on any atom is -0.391 e. The van der Waals surface area contributed by atoms with Gasteiger partial charge in [-0.05, 0) is 31.2 Å². The maximum absolute atomic E-state index is 14.4. The van der Waals surface area contributed by atoms with E-state index in [1.54, 1.807) is 0 Å². The molecular weight excluding hydrogens is 427 g/mol. The van der Waals surface area contributed by atoms with Crippen molar-refractivity contribution in [2.24, 2.45) is 10.7 Å². The molecule has 1 atom stereocenters. The highest BCUT2D eigenvalue weighted by atomic mass is 19.3. The van der Waals surface area contributed by atoms with Crippen molar-refractivity contribution in [3.63, 3.8) is 0 Å². The summed E-state index contributed by atoms with van der Waals surface area (Å²) in [5.41, 5.74) is 2.35. The van der Waals surface area contributed by atoms with Gasteiger partial charge < -0.3 is 15.2 Å². The van der Waals surface area contributed by atoms with Gasteiger partial charge in [-0.2, -0.15) is 0 Å². The summed E-state index contributed by atoms with van der Waals surface area (Å²) in [6.45, 7) is 0.627. The minimum absolute atomic E-state index is 0.0809. The number of alkyl halides is 4. The number of aryl methyl sites for hydroxylation is 1. The second kappa shape index (κ2) is 8.84. The lowest BCUT2D eigenvalue weighted by molar-refractivity contribution is -0.0145. The number of hydrogen-bond donors (Lipinski definition) is 2. The second-order valence-corrected chi connectivity index (χ2v) is 6.72. The number of amides is 1. The van der Waals surface area contributed by atoms with Crippen LogP contribution in [0.5, 0.6) is 5.88 Å². The van der Waals surface area contributed by atoms with Gasteiger partial charge in [0.15, 0.2) is 5.54 Å². The number of carbonyl (C=O) groups excluding carboxylic acids is 1. The Labute approximate surface area is 173 Å². The van der Waals surface area contributed by atoms with Crippen LogP contribution in [0.1, 0.15) is 23.1 Å². The average molecular weight is 444 g/mol. The molecule has 3 N–H and O–H groups in total. The third-order valence-electron chi connectivity index (χ3n) is 4.45. The maximum atomic E-state index is 14.4. The summed E-state index contributed by atoms with van der Waals surface area (Å²) in [5.74, 6) is -1.45. The topological polar surface area (TPSA) is 98.8 Å². The molecule has 0 radical (unpaired) electrons. The number of nitrogens with one attached hydrogen (secondary N) is 1. The normalized spacial score (nSPS) is 18.8. The number of nitrogens with zero attached hydrogens (tertiary/aromatic N) is 2. The lowest BCUT2D eigenvalue weighted by atomic mass is 9.90. The fourth-order valence-corrected chi connectivity index (χ4v) is 2.98. The van der Waals surface area contributed by atoms with Crippen LogP contribution in [0.15, 0.2) is 35.5 Å². The molecule has 0 aliphatic carbocycles. The molecule has 1 aliphatic heterocycles. The number of pyridine rings is 1. The Balaban J connectivity index is 1.84. The first kappa shape index (κ1) is 22.4. The predicted octanol–water partition coefficient (Wildman–Crippen LogP) is 3.93. The van der Waals surface area contributed by atoms with Gasteiger partial charge in [0.1, 0.15) is 18.3 Å². The van der Waals surface area contributed by atoms with E-state index in [0.717, 1.165) is 30.5 Å². The number of aromatic nitrogens is 1. The number of ether oxygens (including phenoxy) is 2. The zero-order valence-corrected chi connectivity index (χ0v) is 16.0. The van der Waals surface area contributed by atoms with Crippen molar-refractivity contribution >= 4 is 17.6 Å². The van der Waals surface area contributed by atoms with E-state index in [0.29, 0.717) is 0 Å². The van der Waals surface area contributed by atoms with Crippen molar-refractivity contribution in [2.75, 3.05) is 18.5 Å². The van der Waals surface area contributed by atoms with Crippen LogP contribution in [0, 0.1) is 12.7 Å². The Kier molecular flexibility index (Phi) is 6.39. The molecule has 2 heterocycles. The van der Waals surface area contributed by atoms with E-state index < -0.39 is 42.5 Å². The van der Waals surface area contributed by atoms with Gasteiger partial charge >= 0.3 is 6.09 Å². The molecule has 0 bridgehead atoms. The van der Waals surface area contributed by atoms with Crippen molar-refractivity contribution in [1.82, 2.24) is 4.98 Å². The molecule has 0 unspecified atom stereocenters. The fraction of sp³-hybridized carbons (Fsp3) is 0.316. The molecule has 31 heavy (non-hydrogen) atoms. The fourth-order valence-electron chi connectivity index (χ4n) is 2.98. The van der Waals surface area contributed by atoms with Crippen molar-refractivity contribution < 1.29 is 36.2 Å². The highest BCUT2D eigenvalue weighted by Gasteiger charge is 2.46.